The second-order valence-corrected chi connectivity index (χ2v) is 8.54. The van der Waals surface area contributed by atoms with Gasteiger partial charge in [-0.3, -0.25) is 9.59 Å². The molecule has 9 heteroatoms. The summed E-state index contributed by atoms with van der Waals surface area (Å²) in [6.45, 7) is 3.27. The number of anilines is 2. The molecule has 2 heterocycles. The van der Waals surface area contributed by atoms with E-state index in [-0.39, 0.29) is 11.8 Å². The van der Waals surface area contributed by atoms with E-state index in [1.807, 2.05) is 30.3 Å². The van der Waals surface area contributed by atoms with Gasteiger partial charge in [0.25, 0.3) is 5.91 Å². The minimum atomic E-state index is -0.505. The number of rotatable bonds is 6. The number of hydrogen-bond donors (Lipinski definition) is 3. The number of carbonyl (C=O) groups is 2. The predicted octanol–water partition coefficient (Wildman–Crippen LogP) is 2.09. The number of para-hydroxylation sites is 1. The number of ether oxygens (including phenoxy) is 1. The second kappa shape index (κ2) is 9.26. The Balaban J connectivity index is 1.32. The van der Waals surface area contributed by atoms with Crippen molar-refractivity contribution in [3.8, 4) is 5.75 Å². The Morgan fingerprint density at radius 2 is 1.97 bits per heavy atom. The standard InChI is InChI=1S/C23H28ClN5O3/c1-32-20-14-19(25)18(24)13-17(20)21(30)26-9-12-28-10-7-23(8-11-28)22(31)27-15-29(23)16-5-3-2-4-6-16/h2-6,13-14H,7-12,15,25H2,1H3,(H,26,30)(H,27,31). The van der Waals surface area contributed by atoms with Crippen molar-refractivity contribution in [3.05, 3.63) is 53.1 Å². The van der Waals surface area contributed by atoms with Gasteiger partial charge in [-0.05, 0) is 31.0 Å². The number of likely N-dealkylation sites (tertiary alicyclic amines) is 1. The Bertz CT molecular complexity index is 993. The van der Waals surface area contributed by atoms with Crippen molar-refractivity contribution in [1.82, 2.24) is 15.5 Å². The molecule has 4 N–H and O–H groups in total. The third kappa shape index (κ3) is 4.20. The summed E-state index contributed by atoms with van der Waals surface area (Å²) in [5.74, 6) is 0.224. The number of nitrogens with two attached hydrogens (primary N) is 1. The molecule has 2 aromatic carbocycles. The van der Waals surface area contributed by atoms with E-state index in [1.54, 1.807) is 6.07 Å². The molecule has 0 unspecified atom stereocenters. The van der Waals surface area contributed by atoms with Crippen LogP contribution < -0.4 is 26.0 Å². The molecular weight excluding hydrogens is 430 g/mol. The number of benzene rings is 2. The van der Waals surface area contributed by atoms with Crippen molar-refractivity contribution < 1.29 is 14.3 Å². The zero-order valence-corrected chi connectivity index (χ0v) is 18.8. The number of halogens is 1. The van der Waals surface area contributed by atoms with Gasteiger partial charge in [0.05, 0.1) is 30.1 Å². The average Bonchev–Trinajstić information content (AvgIpc) is 3.12. The third-order valence-corrected chi connectivity index (χ3v) is 6.69. The van der Waals surface area contributed by atoms with Gasteiger partial charge in [-0.15, -0.1) is 0 Å². The van der Waals surface area contributed by atoms with Crippen LogP contribution in [0, 0.1) is 0 Å². The normalized spacial score (nSPS) is 17.9. The van der Waals surface area contributed by atoms with Gasteiger partial charge in [0.15, 0.2) is 0 Å². The number of piperidine rings is 1. The van der Waals surface area contributed by atoms with Crippen LogP contribution in [0.4, 0.5) is 11.4 Å². The molecule has 2 amide bonds. The number of hydrogen-bond acceptors (Lipinski definition) is 6. The summed E-state index contributed by atoms with van der Waals surface area (Å²) in [6, 6.07) is 13.1. The molecule has 4 rings (SSSR count). The summed E-state index contributed by atoms with van der Waals surface area (Å²) in [5, 5.41) is 6.26. The van der Waals surface area contributed by atoms with Gasteiger partial charge in [-0.2, -0.15) is 0 Å². The van der Waals surface area contributed by atoms with E-state index < -0.39 is 5.54 Å². The fourth-order valence-electron chi connectivity index (χ4n) is 4.52. The largest absolute Gasteiger partial charge is 0.496 e. The Morgan fingerprint density at radius 1 is 1.25 bits per heavy atom. The van der Waals surface area contributed by atoms with Gasteiger partial charge in [0, 0.05) is 37.9 Å². The zero-order chi connectivity index (χ0) is 22.7. The average molecular weight is 458 g/mol. The van der Waals surface area contributed by atoms with Crippen molar-refractivity contribution >= 4 is 34.8 Å². The van der Waals surface area contributed by atoms with E-state index in [0.29, 0.717) is 41.8 Å². The molecule has 0 atom stereocenters. The summed E-state index contributed by atoms with van der Waals surface area (Å²) in [7, 11) is 1.49. The first-order chi connectivity index (χ1) is 15.4. The van der Waals surface area contributed by atoms with Gasteiger partial charge in [0.1, 0.15) is 11.3 Å². The van der Waals surface area contributed by atoms with Crippen LogP contribution in [0.3, 0.4) is 0 Å². The highest BCUT2D eigenvalue weighted by molar-refractivity contribution is 6.33. The zero-order valence-electron chi connectivity index (χ0n) is 18.1. The number of nitrogen functional groups attached to an aromatic ring is 1. The minimum Gasteiger partial charge on any atom is -0.496 e. The summed E-state index contributed by atoms with van der Waals surface area (Å²) < 4.78 is 5.26. The lowest BCUT2D eigenvalue weighted by Gasteiger charge is -2.43. The van der Waals surface area contributed by atoms with Crippen molar-refractivity contribution in [2.24, 2.45) is 0 Å². The highest BCUT2D eigenvalue weighted by atomic mass is 35.5. The van der Waals surface area contributed by atoms with E-state index in [1.165, 1.54) is 13.2 Å². The number of methoxy groups -OCH3 is 1. The maximum atomic E-state index is 12.8. The van der Waals surface area contributed by atoms with Crippen LogP contribution in [0.5, 0.6) is 5.75 Å². The van der Waals surface area contributed by atoms with Crippen molar-refractivity contribution in [1.29, 1.82) is 0 Å². The summed E-state index contributed by atoms with van der Waals surface area (Å²) >= 11 is 6.06. The van der Waals surface area contributed by atoms with E-state index in [0.717, 1.165) is 31.6 Å². The molecule has 2 aromatic rings. The SMILES string of the molecule is COc1cc(N)c(Cl)cc1C(=O)NCCN1CCC2(CC1)C(=O)NCN2c1ccccc1. The highest BCUT2D eigenvalue weighted by Gasteiger charge is 2.50. The molecule has 2 aliphatic rings. The van der Waals surface area contributed by atoms with E-state index in [9.17, 15) is 9.59 Å². The fourth-order valence-corrected chi connectivity index (χ4v) is 4.68. The van der Waals surface area contributed by atoms with E-state index in [2.05, 4.69) is 20.4 Å². The molecule has 0 radical (unpaired) electrons. The molecule has 1 spiro atoms. The van der Waals surface area contributed by atoms with Gasteiger partial charge in [-0.25, -0.2) is 0 Å². The fraction of sp³-hybridized carbons (Fsp3) is 0.391. The monoisotopic (exact) mass is 457 g/mol. The lowest BCUT2D eigenvalue weighted by atomic mass is 9.85. The second-order valence-electron chi connectivity index (χ2n) is 8.13. The molecule has 0 aromatic heterocycles. The predicted molar refractivity (Wildman–Crippen MR) is 125 cm³/mol. The molecule has 170 valence electrons. The van der Waals surface area contributed by atoms with Gasteiger partial charge in [-0.1, -0.05) is 29.8 Å². The van der Waals surface area contributed by atoms with E-state index in [4.69, 9.17) is 22.1 Å². The Labute approximate surface area is 192 Å². The molecule has 2 fully saturated rings. The molecule has 2 aliphatic heterocycles. The maximum absolute atomic E-state index is 12.8. The molecule has 8 nitrogen and oxygen atoms in total. The first-order valence-corrected chi connectivity index (χ1v) is 11.1. The highest BCUT2D eigenvalue weighted by Crippen LogP contribution is 2.36. The quantitative estimate of drug-likeness (QED) is 0.574. The van der Waals surface area contributed by atoms with Crippen molar-refractivity contribution in [2.45, 2.75) is 18.4 Å². The van der Waals surface area contributed by atoms with Crippen LogP contribution >= 0.6 is 11.6 Å². The smallest absolute Gasteiger partial charge is 0.255 e. The van der Waals surface area contributed by atoms with Crippen LogP contribution in [-0.2, 0) is 4.79 Å². The summed E-state index contributed by atoms with van der Waals surface area (Å²) in [5.41, 5.74) is 7.06. The third-order valence-electron chi connectivity index (χ3n) is 6.37. The molecule has 32 heavy (non-hydrogen) atoms. The van der Waals surface area contributed by atoms with Crippen LogP contribution in [0.25, 0.3) is 0 Å². The number of nitrogens with zero attached hydrogens (tertiary/aromatic N) is 2. The molecule has 0 aliphatic carbocycles. The van der Waals surface area contributed by atoms with Gasteiger partial charge in [0.2, 0.25) is 5.91 Å². The lowest BCUT2D eigenvalue weighted by molar-refractivity contribution is -0.125. The first kappa shape index (κ1) is 22.2. The topological polar surface area (TPSA) is 99.9 Å². The molecule has 0 bridgehead atoms. The summed E-state index contributed by atoms with van der Waals surface area (Å²) in [6.07, 6.45) is 1.48. The van der Waals surface area contributed by atoms with Crippen LogP contribution in [-0.4, -0.2) is 62.2 Å². The number of carbonyl (C=O) groups excluding carboxylic acids is 2. The summed E-state index contributed by atoms with van der Waals surface area (Å²) in [4.78, 5) is 29.8. The van der Waals surface area contributed by atoms with Crippen molar-refractivity contribution in [3.63, 3.8) is 0 Å². The Morgan fingerprint density at radius 3 is 2.66 bits per heavy atom. The maximum Gasteiger partial charge on any atom is 0.255 e. The molecule has 2 saturated heterocycles. The molecule has 0 saturated carbocycles. The Kier molecular flexibility index (Phi) is 6.43. The van der Waals surface area contributed by atoms with Gasteiger partial charge >= 0.3 is 0 Å². The lowest BCUT2D eigenvalue weighted by Crippen LogP contribution is -2.57. The van der Waals surface area contributed by atoms with Crippen LogP contribution in [0.15, 0.2) is 42.5 Å². The van der Waals surface area contributed by atoms with Crippen LogP contribution in [0.1, 0.15) is 23.2 Å². The number of amides is 2. The Hall–Kier alpha value is -2.97. The van der Waals surface area contributed by atoms with Crippen molar-refractivity contribution in [2.75, 3.05) is 50.6 Å². The van der Waals surface area contributed by atoms with Gasteiger partial charge < -0.3 is 30.9 Å². The number of nitrogens with one attached hydrogen (secondary N) is 2. The minimum absolute atomic E-state index is 0.0987. The van der Waals surface area contributed by atoms with E-state index >= 15 is 0 Å². The molecular formula is C23H28ClN5O3. The van der Waals surface area contributed by atoms with Crippen LogP contribution in [0.2, 0.25) is 5.02 Å². The first-order valence-electron chi connectivity index (χ1n) is 10.7.